The standard InChI is InChI=1S/C21H15ClO3/c1-2-12-24-21(23)16-10-11-20(19(22)13-16)25-14-17-8-5-7-15-6-3-4-9-18(15)17/h1,3-11,13H,12,14H2. The van der Waals surface area contributed by atoms with Crippen LogP contribution in [-0.4, -0.2) is 12.6 Å². The lowest BCUT2D eigenvalue weighted by molar-refractivity contribution is 0.0556. The predicted octanol–water partition coefficient (Wildman–Crippen LogP) is 4.86. The number of halogens is 1. The molecule has 0 spiro atoms. The number of terminal acetylenes is 1. The summed E-state index contributed by atoms with van der Waals surface area (Å²) in [6.07, 6.45) is 5.07. The van der Waals surface area contributed by atoms with Crippen molar-refractivity contribution in [3.05, 3.63) is 76.8 Å². The van der Waals surface area contributed by atoms with Crippen molar-refractivity contribution in [3.63, 3.8) is 0 Å². The fourth-order valence-corrected chi connectivity index (χ4v) is 2.74. The maximum Gasteiger partial charge on any atom is 0.339 e. The Morgan fingerprint density at radius 3 is 2.68 bits per heavy atom. The second kappa shape index (κ2) is 7.74. The first-order valence-electron chi connectivity index (χ1n) is 7.68. The van der Waals surface area contributed by atoms with Gasteiger partial charge in [0.25, 0.3) is 0 Å². The van der Waals surface area contributed by atoms with Crippen molar-refractivity contribution in [2.45, 2.75) is 6.61 Å². The van der Waals surface area contributed by atoms with Crippen LogP contribution < -0.4 is 4.74 Å². The van der Waals surface area contributed by atoms with Crippen LogP contribution in [0.15, 0.2) is 60.7 Å². The molecule has 0 unspecified atom stereocenters. The third-order valence-corrected chi connectivity index (χ3v) is 4.01. The van der Waals surface area contributed by atoms with Gasteiger partial charge >= 0.3 is 5.97 Å². The van der Waals surface area contributed by atoms with Crippen molar-refractivity contribution in [1.82, 2.24) is 0 Å². The minimum absolute atomic E-state index is 0.0736. The van der Waals surface area contributed by atoms with E-state index in [0.717, 1.165) is 16.3 Å². The van der Waals surface area contributed by atoms with Crippen molar-refractivity contribution in [1.29, 1.82) is 0 Å². The Morgan fingerprint density at radius 2 is 1.88 bits per heavy atom. The monoisotopic (exact) mass is 350 g/mol. The van der Waals surface area contributed by atoms with Gasteiger partial charge in [-0.05, 0) is 34.5 Å². The molecule has 0 radical (unpaired) electrons. The van der Waals surface area contributed by atoms with Gasteiger partial charge in [-0.15, -0.1) is 6.42 Å². The number of hydrogen-bond acceptors (Lipinski definition) is 3. The van der Waals surface area contributed by atoms with Crippen LogP contribution in [-0.2, 0) is 11.3 Å². The molecule has 0 heterocycles. The normalized spacial score (nSPS) is 10.2. The molecule has 25 heavy (non-hydrogen) atoms. The quantitative estimate of drug-likeness (QED) is 0.487. The molecular formula is C21H15ClO3. The van der Waals surface area contributed by atoms with E-state index in [2.05, 4.69) is 24.1 Å². The summed E-state index contributed by atoms with van der Waals surface area (Å²) in [5, 5.41) is 2.63. The molecule has 0 saturated carbocycles. The minimum Gasteiger partial charge on any atom is -0.487 e. The highest BCUT2D eigenvalue weighted by molar-refractivity contribution is 6.32. The molecule has 3 rings (SSSR count). The van der Waals surface area contributed by atoms with E-state index in [-0.39, 0.29) is 6.61 Å². The number of benzene rings is 3. The Hall–Kier alpha value is -2.96. The van der Waals surface area contributed by atoms with Crippen molar-refractivity contribution >= 4 is 28.3 Å². The van der Waals surface area contributed by atoms with Gasteiger partial charge in [0.15, 0.2) is 6.61 Å². The average molecular weight is 351 g/mol. The van der Waals surface area contributed by atoms with Crippen LogP contribution in [0.1, 0.15) is 15.9 Å². The first-order chi connectivity index (χ1) is 12.2. The van der Waals surface area contributed by atoms with Crippen molar-refractivity contribution in [2.24, 2.45) is 0 Å². The maximum absolute atomic E-state index is 11.8. The fraction of sp³-hybridized carbons (Fsp3) is 0.0952. The minimum atomic E-state index is -0.513. The number of rotatable bonds is 5. The van der Waals surface area contributed by atoms with Crippen molar-refractivity contribution in [3.8, 4) is 18.1 Å². The lowest BCUT2D eigenvalue weighted by Gasteiger charge is -2.11. The highest BCUT2D eigenvalue weighted by Crippen LogP contribution is 2.28. The number of ether oxygens (including phenoxy) is 2. The second-order valence-corrected chi connectivity index (χ2v) is 5.76. The van der Waals surface area contributed by atoms with Gasteiger partial charge in [-0.2, -0.15) is 0 Å². The summed E-state index contributed by atoms with van der Waals surface area (Å²) in [5.74, 6) is 2.24. The largest absolute Gasteiger partial charge is 0.487 e. The summed E-state index contributed by atoms with van der Waals surface area (Å²) in [5.41, 5.74) is 1.39. The fourth-order valence-electron chi connectivity index (χ4n) is 2.51. The SMILES string of the molecule is C#CCOC(=O)c1ccc(OCc2cccc3ccccc23)c(Cl)c1. The zero-order chi connectivity index (χ0) is 17.6. The van der Waals surface area contributed by atoms with Crippen LogP contribution >= 0.6 is 11.6 Å². The topological polar surface area (TPSA) is 35.5 Å². The van der Waals surface area contributed by atoms with E-state index in [1.54, 1.807) is 12.1 Å². The first kappa shape index (κ1) is 16.9. The van der Waals surface area contributed by atoms with Gasteiger partial charge in [-0.3, -0.25) is 0 Å². The molecule has 0 aliphatic rings. The van der Waals surface area contributed by atoms with Gasteiger partial charge in [0.2, 0.25) is 0 Å². The molecule has 0 fully saturated rings. The smallest absolute Gasteiger partial charge is 0.339 e. The molecular weight excluding hydrogens is 336 g/mol. The summed E-state index contributed by atoms with van der Waals surface area (Å²) in [6.45, 7) is 0.303. The lowest BCUT2D eigenvalue weighted by Crippen LogP contribution is -2.05. The molecule has 3 nitrogen and oxygen atoms in total. The molecule has 0 N–H and O–H groups in total. The van der Waals surface area contributed by atoms with Gasteiger partial charge in [0, 0.05) is 0 Å². The number of fused-ring (bicyclic) bond motifs is 1. The Labute approximate surface area is 151 Å². The molecule has 3 aromatic rings. The Kier molecular flexibility index (Phi) is 5.23. The highest BCUT2D eigenvalue weighted by atomic mass is 35.5. The van der Waals surface area contributed by atoms with Crippen LogP contribution in [0.2, 0.25) is 5.02 Å². The third kappa shape index (κ3) is 3.93. The zero-order valence-electron chi connectivity index (χ0n) is 13.4. The Morgan fingerprint density at radius 1 is 1.08 bits per heavy atom. The van der Waals surface area contributed by atoms with Gasteiger partial charge in [0.05, 0.1) is 10.6 Å². The Bertz CT molecular complexity index is 952. The molecule has 0 bridgehead atoms. The molecule has 3 aromatic carbocycles. The van der Waals surface area contributed by atoms with Crippen molar-refractivity contribution in [2.75, 3.05) is 6.61 Å². The van der Waals surface area contributed by atoms with Gasteiger partial charge in [-0.25, -0.2) is 4.79 Å². The van der Waals surface area contributed by atoms with Gasteiger partial charge in [0.1, 0.15) is 12.4 Å². The molecule has 4 heteroatoms. The molecule has 124 valence electrons. The van der Waals surface area contributed by atoms with E-state index in [9.17, 15) is 4.79 Å². The highest BCUT2D eigenvalue weighted by Gasteiger charge is 2.11. The summed E-state index contributed by atoms with van der Waals surface area (Å²) >= 11 is 6.22. The number of carbonyl (C=O) groups is 1. The number of esters is 1. The van der Waals surface area contributed by atoms with E-state index in [1.165, 1.54) is 6.07 Å². The van der Waals surface area contributed by atoms with Gasteiger partial charge < -0.3 is 9.47 Å². The third-order valence-electron chi connectivity index (χ3n) is 3.72. The Balaban J connectivity index is 1.75. The predicted molar refractivity (Wildman–Crippen MR) is 98.8 cm³/mol. The molecule has 0 aliphatic carbocycles. The second-order valence-electron chi connectivity index (χ2n) is 5.35. The molecule has 0 aromatic heterocycles. The van der Waals surface area contributed by atoms with E-state index in [1.807, 2.05) is 24.3 Å². The van der Waals surface area contributed by atoms with Crippen LogP contribution in [0, 0.1) is 12.3 Å². The lowest BCUT2D eigenvalue weighted by atomic mass is 10.1. The number of carbonyl (C=O) groups excluding carboxylic acids is 1. The number of hydrogen-bond donors (Lipinski definition) is 0. The first-order valence-corrected chi connectivity index (χ1v) is 8.06. The van der Waals surface area contributed by atoms with Crippen molar-refractivity contribution < 1.29 is 14.3 Å². The van der Waals surface area contributed by atoms with E-state index < -0.39 is 5.97 Å². The molecule has 0 amide bonds. The van der Waals surface area contributed by atoms with Gasteiger partial charge in [-0.1, -0.05) is 60.0 Å². The zero-order valence-corrected chi connectivity index (χ0v) is 14.1. The molecule has 0 aliphatic heterocycles. The van der Waals surface area contributed by atoms with Crippen LogP contribution in [0.4, 0.5) is 0 Å². The van der Waals surface area contributed by atoms with E-state index in [4.69, 9.17) is 27.5 Å². The summed E-state index contributed by atoms with van der Waals surface area (Å²) < 4.78 is 10.7. The summed E-state index contributed by atoms with van der Waals surface area (Å²) in [4.78, 5) is 11.8. The molecule has 0 saturated heterocycles. The van der Waals surface area contributed by atoms with E-state index >= 15 is 0 Å². The van der Waals surface area contributed by atoms with Crippen LogP contribution in [0.25, 0.3) is 10.8 Å². The van der Waals surface area contributed by atoms with E-state index in [0.29, 0.717) is 22.9 Å². The molecule has 0 atom stereocenters. The average Bonchev–Trinajstić information content (AvgIpc) is 2.65. The van der Waals surface area contributed by atoms with Crippen LogP contribution in [0.3, 0.4) is 0 Å². The van der Waals surface area contributed by atoms with Crippen LogP contribution in [0.5, 0.6) is 5.75 Å². The summed E-state index contributed by atoms with van der Waals surface area (Å²) in [6, 6.07) is 18.9. The maximum atomic E-state index is 11.8. The summed E-state index contributed by atoms with van der Waals surface area (Å²) in [7, 11) is 0.